The highest BCUT2D eigenvalue weighted by molar-refractivity contribution is 8.01. The third kappa shape index (κ3) is 4.69. The van der Waals surface area contributed by atoms with Crippen LogP contribution in [0.4, 0.5) is 5.69 Å². The summed E-state index contributed by atoms with van der Waals surface area (Å²) in [5.74, 6) is -0.813. The van der Waals surface area contributed by atoms with Crippen LogP contribution in [0.15, 0.2) is 51.1 Å². The van der Waals surface area contributed by atoms with E-state index in [1.807, 2.05) is 18.2 Å². The maximum absolute atomic E-state index is 12.6. The van der Waals surface area contributed by atoms with E-state index in [-0.39, 0.29) is 18.2 Å². The molecule has 0 fully saturated rings. The van der Waals surface area contributed by atoms with Gasteiger partial charge in [0.15, 0.2) is 4.34 Å². The zero-order chi connectivity index (χ0) is 19.2. The summed E-state index contributed by atoms with van der Waals surface area (Å²) in [6.45, 7) is 3.69. The van der Waals surface area contributed by atoms with Crippen LogP contribution in [0.3, 0.4) is 0 Å². The Labute approximate surface area is 164 Å². The number of rotatable bonds is 6. The molecule has 9 heteroatoms. The van der Waals surface area contributed by atoms with Crippen molar-refractivity contribution in [1.29, 1.82) is 0 Å². The number of aryl methyl sites for hydroxylation is 1. The predicted octanol–water partition coefficient (Wildman–Crippen LogP) is 3.82. The van der Waals surface area contributed by atoms with Gasteiger partial charge >= 0.3 is 5.97 Å². The van der Waals surface area contributed by atoms with Gasteiger partial charge in [-0.2, -0.15) is 0 Å². The van der Waals surface area contributed by atoms with Crippen LogP contribution < -0.4 is 5.32 Å². The van der Waals surface area contributed by atoms with Gasteiger partial charge in [0.05, 0.1) is 23.6 Å². The molecule has 0 saturated heterocycles. The molecule has 0 saturated carbocycles. The van der Waals surface area contributed by atoms with Crippen molar-refractivity contribution in [3.63, 3.8) is 0 Å². The van der Waals surface area contributed by atoms with Crippen molar-refractivity contribution < 1.29 is 14.3 Å². The second-order valence-electron chi connectivity index (χ2n) is 5.31. The Morgan fingerprint density at radius 1 is 1.22 bits per heavy atom. The van der Waals surface area contributed by atoms with Crippen LogP contribution in [-0.4, -0.2) is 33.7 Å². The van der Waals surface area contributed by atoms with Gasteiger partial charge in [0.25, 0.3) is 5.91 Å². The van der Waals surface area contributed by atoms with Crippen molar-refractivity contribution in [2.75, 3.05) is 11.9 Å². The van der Waals surface area contributed by atoms with E-state index in [4.69, 9.17) is 4.74 Å². The lowest BCUT2D eigenvalue weighted by Gasteiger charge is -2.10. The number of ether oxygens (including phenoxy) is 1. The highest BCUT2D eigenvalue weighted by Gasteiger charge is 2.16. The third-order valence-electron chi connectivity index (χ3n) is 3.49. The van der Waals surface area contributed by atoms with Crippen LogP contribution in [0, 0.1) is 6.92 Å². The number of nitrogens with zero attached hydrogens (tertiary/aromatic N) is 3. The molecule has 27 heavy (non-hydrogen) atoms. The average Bonchev–Trinajstić information content (AvgIpc) is 3.16. The summed E-state index contributed by atoms with van der Waals surface area (Å²) in [6.07, 6.45) is 0. The molecule has 0 aliphatic carbocycles. The maximum atomic E-state index is 12.6. The Kier molecular flexibility index (Phi) is 6.15. The number of benzene rings is 1. The summed E-state index contributed by atoms with van der Waals surface area (Å²) < 4.78 is 5.76. The van der Waals surface area contributed by atoms with Gasteiger partial charge in [0.2, 0.25) is 0 Å². The first-order valence-electron chi connectivity index (χ1n) is 8.07. The topological polar surface area (TPSA) is 94.1 Å². The molecule has 1 N–H and O–H groups in total. The molecule has 0 spiro atoms. The zero-order valence-corrected chi connectivity index (χ0v) is 16.3. The zero-order valence-electron chi connectivity index (χ0n) is 14.6. The number of carbonyl (C=O) groups is 2. The quantitative estimate of drug-likeness (QED) is 0.629. The number of pyridine rings is 1. The fourth-order valence-corrected chi connectivity index (χ4v) is 3.78. The Balaban J connectivity index is 1.78. The summed E-state index contributed by atoms with van der Waals surface area (Å²) in [5.41, 5.74) is 3.31. The molecule has 0 atom stereocenters. The minimum absolute atomic E-state index is 0.219. The fourth-order valence-electron chi connectivity index (χ4n) is 2.26. The smallest absolute Gasteiger partial charge is 0.339 e. The third-order valence-corrected chi connectivity index (χ3v) is 5.34. The summed E-state index contributed by atoms with van der Waals surface area (Å²) in [5, 5.41) is 10.7. The Hall–Kier alpha value is -2.78. The van der Waals surface area contributed by atoms with E-state index >= 15 is 0 Å². The number of esters is 1. The summed E-state index contributed by atoms with van der Waals surface area (Å²) in [4.78, 5) is 29.5. The van der Waals surface area contributed by atoms with E-state index in [2.05, 4.69) is 20.5 Å². The second kappa shape index (κ2) is 8.74. The molecule has 0 unspecified atom stereocenters. The number of amides is 1. The number of aromatic nitrogens is 3. The predicted molar refractivity (Wildman–Crippen MR) is 103 cm³/mol. The van der Waals surface area contributed by atoms with E-state index in [1.165, 1.54) is 29.2 Å². The molecular formula is C18H16N4O3S2. The van der Waals surface area contributed by atoms with Gasteiger partial charge in [-0.15, -0.1) is 10.2 Å². The van der Waals surface area contributed by atoms with Crippen LogP contribution in [0.25, 0.3) is 0 Å². The molecule has 3 rings (SSSR count). The van der Waals surface area contributed by atoms with Gasteiger partial charge in [-0.05, 0) is 38.1 Å². The number of anilines is 1. The van der Waals surface area contributed by atoms with Crippen LogP contribution >= 0.6 is 23.1 Å². The molecular weight excluding hydrogens is 384 g/mol. The molecule has 1 amide bonds. The van der Waals surface area contributed by atoms with E-state index in [0.29, 0.717) is 16.9 Å². The van der Waals surface area contributed by atoms with Crippen molar-refractivity contribution in [1.82, 2.24) is 15.2 Å². The minimum atomic E-state index is -0.451. The van der Waals surface area contributed by atoms with Crippen molar-refractivity contribution in [3.05, 3.63) is 58.9 Å². The molecule has 2 heterocycles. The van der Waals surface area contributed by atoms with Crippen LogP contribution in [0.1, 0.15) is 33.5 Å². The molecule has 0 aliphatic rings. The van der Waals surface area contributed by atoms with Gasteiger partial charge in [-0.1, -0.05) is 35.2 Å². The minimum Gasteiger partial charge on any atom is -0.462 e. The molecule has 3 aromatic rings. The largest absolute Gasteiger partial charge is 0.462 e. The maximum Gasteiger partial charge on any atom is 0.339 e. The van der Waals surface area contributed by atoms with E-state index < -0.39 is 5.97 Å². The Morgan fingerprint density at radius 2 is 2.04 bits per heavy atom. The van der Waals surface area contributed by atoms with Gasteiger partial charge < -0.3 is 10.1 Å². The van der Waals surface area contributed by atoms with E-state index in [9.17, 15) is 9.59 Å². The average molecular weight is 400 g/mol. The van der Waals surface area contributed by atoms with Crippen molar-refractivity contribution in [3.8, 4) is 0 Å². The number of nitrogens with one attached hydrogen (secondary N) is 1. The molecule has 2 aromatic heterocycles. The number of carbonyl (C=O) groups excluding carboxylic acids is 2. The van der Waals surface area contributed by atoms with Crippen LogP contribution in [0.2, 0.25) is 0 Å². The lowest BCUT2D eigenvalue weighted by molar-refractivity contribution is 0.0524. The first kappa shape index (κ1) is 19.0. The van der Waals surface area contributed by atoms with E-state index in [1.54, 1.807) is 31.5 Å². The van der Waals surface area contributed by atoms with E-state index in [0.717, 1.165) is 9.24 Å². The Morgan fingerprint density at radius 3 is 2.74 bits per heavy atom. The van der Waals surface area contributed by atoms with Crippen LogP contribution in [-0.2, 0) is 4.74 Å². The van der Waals surface area contributed by atoms with Crippen molar-refractivity contribution in [2.45, 2.75) is 23.1 Å². The highest BCUT2D eigenvalue weighted by atomic mass is 32.2. The SMILES string of the molecule is CCOC(=O)c1ccc(C(=O)Nc2ccccc2Sc2nncs2)nc1C. The summed E-state index contributed by atoms with van der Waals surface area (Å²) >= 11 is 2.85. The lowest BCUT2D eigenvalue weighted by Crippen LogP contribution is -2.16. The van der Waals surface area contributed by atoms with Gasteiger partial charge in [0, 0.05) is 4.90 Å². The number of hydrogen-bond donors (Lipinski definition) is 1. The second-order valence-corrected chi connectivity index (χ2v) is 7.43. The lowest BCUT2D eigenvalue weighted by atomic mass is 10.2. The monoisotopic (exact) mass is 400 g/mol. The first-order valence-corrected chi connectivity index (χ1v) is 9.77. The summed E-state index contributed by atoms with van der Waals surface area (Å²) in [6, 6.07) is 10.5. The van der Waals surface area contributed by atoms with Gasteiger partial charge in [0.1, 0.15) is 11.2 Å². The Bertz CT molecular complexity index is 961. The first-order chi connectivity index (χ1) is 13.1. The van der Waals surface area contributed by atoms with Crippen LogP contribution in [0.5, 0.6) is 0 Å². The molecule has 0 radical (unpaired) electrons. The number of hydrogen-bond acceptors (Lipinski definition) is 8. The van der Waals surface area contributed by atoms with Gasteiger partial charge in [-0.3, -0.25) is 4.79 Å². The van der Waals surface area contributed by atoms with Crippen molar-refractivity contribution >= 4 is 40.7 Å². The normalized spacial score (nSPS) is 10.4. The standard InChI is InChI=1S/C18H16N4O3S2/c1-3-25-17(24)12-8-9-14(20-11(12)2)16(23)21-13-6-4-5-7-15(13)27-18-22-19-10-26-18/h4-10H,3H2,1-2H3,(H,21,23). The molecule has 138 valence electrons. The molecule has 0 bridgehead atoms. The molecule has 7 nitrogen and oxygen atoms in total. The van der Waals surface area contributed by atoms with Crippen molar-refractivity contribution in [2.24, 2.45) is 0 Å². The molecule has 0 aliphatic heterocycles. The highest BCUT2D eigenvalue weighted by Crippen LogP contribution is 2.34. The summed E-state index contributed by atoms with van der Waals surface area (Å²) in [7, 11) is 0. The molecule has 1 aromatic carbocycles. The fraction of sp³-hybridized carbons (Fsp3) is 0.167. The number of para-hydroxylation sites is 1. The van der Waals surface area contributed by atoms with Gasteiger partial charge in [-0.25, -0.2) is 9.78 Å².